The molecule has 20 heavy (non-hydrogen) atoms. The Hall–Kier alpha value is -0.950. The molecule has 2 atom stereocenters. The van der Waals surface area contributed by atoms with Crippen LogP contribution >= 0.6 is 0 Å². The molecule has 0 aliphatic carbocycles. The number of rotatable bonds is 11. The van der Waals surface area contributed by atoms with E-state index in [2.05, 4.69) is 30.4 Å². The van der Waals surface area contributed by atoms with Crippen molar-refractivity contribution in [3.8, 4) is 0 Å². The molecule has 6 nitrogen and oxygen atoms in total. The second-order valence-electron chi connectivity index (χ2n) is 5.01. The number of hydrazine groups is 1. The SMILES string of the molecule is CCC(C)n1ccc(CC(CCOCCOC)NN)n1. The van der Waals surface area contributed by atoms with Crippen LogP contribution in [0, 0.1) is 0 Å². The van der Waals surface area contributed by atoms with E-state index in [0.29, 0.717) is 25.9 Å². The van der Waals surface area contributed by atoms with Crippen LogP contribution < -0.4 is 11.3 Å². The molecule has 0 radical (unpaired) electrons. The van der Waals surface area contributed by atoms with Crippen molar-refractivity contribution in [2.45, 2.75) is 45.2 Å². The third-order valence-electron chi connectivity index (χ3n) is 3.44. The average Bonchev–Trinajstić information content (AvgIpc) is 2.93. The van der Waals surface area contributed by atoms with Gasteiger partial charge in [-0.05, 0) is 25.8 Å². The van der Waals surface area contributed by atoms with Gasteiger partial charge in [0, 0.05) is 38.4 Å². The number of nitrogens with zero attached hydrogens (tertiary/aromatic N) is 2. The topological polar surface area (TPSA) is 74.3 Å². The van der Waals surface area contributed by atoms with Crippen LogP contribution in [-0.2, 0) is 15.9 Å². The fourth-order valence-corrected chi connectivity index (χ4v) is 1.89. The first-order valence-corrected chi connectivity index (χ1v) is 7.28. The normalized spacial score (nSPS) is 14.4. The molecular formula is C14H28N4O2. The number of ether oxygens (including phenoxy) is 2. The van der Waals surface area contributed by atoms with Gasteiger partial charge < -0.3 is 9.47 Å². The average molecular weight is 284 g/mol. The lowest BCUT2D eigenvalue weighted by Crippen LogP contribution is -2.37. The molecule has 6 heteroatoms. The van der Waals surface area contributed by atoms with Crippen molar-refractivity contribution < 1.29 is 9.47 Å². The Balaban J connectivity index is 2.34. The fourth-order valence-electron chi connectivity index (χ4n) is 1.89. The highest BCUT2D eigenvalue weighted by Crippen LogP contribution is 2.11. The largest absolute Gasteiger partial charge is 0.382 e. The molecule has 0 saturated carbocycles. The van der Waals surface area contributed by atoms with E-state index in [9.17, 15) is 0 Å². The van der Waals surface area contributed by atoms with E-state index >= 15 is 0 Å². The van der Waals surface area contributed by atoms with Gasteiger partial charge in [0.15, 0.2) is 0 Å². The van der Waals surface area contributed by atoms with Crippen molar-refractivity contribution in [3.05, 3.63) is 18.0 Å². The highest BCUT2D eigenvalue weighted by atomic mass is 16.5. The minimum absolute atomic E-state index is 0.179. The minimum atomic E-state index is 0.179. The van der Waals surface area contributed by atoms with Crippen molar-refractivity contribution in [2.24, 2.45) is 5.84 Å². The first kappa shape index (κ1) is 17.1. The molecule has 1 rings (SSSR count). The summed E-state index contributed by atoms with van der Waals surface area (Å²) in [7, 11) is 1.67. The molecule has 0 aliphatic rings. The van der Waals surface area contributed by atoms with E-state index in [-0.39, 0.29) is 6.04 Å². The minimum Gasteiger partial charge on any atom is -0.382 e. The third-order valence-corrected chi connectivity index (χ3v) is 3.44. The van der Waals surface area contributed by atoms with E-state index in [4.69, 9.17) is 15.3 Å². The third kappa shape index (κ3) is 6.00. The van der Waals surface area contributed by atoms with Crippen molar-refractivity contribution in [1.82, 2.24) is 15.2 Å². The van der Waals surface area contributed by atoms with Crippen LogP contribution in [0.2, 0.25) is 0 Å². The zero-order valence-corrected chi connectivity index (χ0v) is 12.8. The summed E-state index contributed by atoms with van der Waals surface area (Å²) >= 11 is 0. The highest BCUT2D eigenvalue weighted by molar-refractivity contribution is 5.02. The summed E-state index contributed by atoms with van der Waals surface area (Å²) in [4.78, 5) is 0. The van der Waals surface area contributed by atoms with Crippen molar-refractivity contribution >= 4 is 0 Å². The van der Waals surface area contributed by atoms with E-state index in [0.717, 1.165) is 25.0 Å². The molecule has 3 N–H and O–H groups in total. The highest BCUT2D eigenvalue weighted by Gasteiger charge is 2.11. The molecule has 0 aromatic carbocycles. The number of nitrogens with one attached hydrogen (secondary N) is 1. The van der Waals surface area contributed by atoms with E-state index in [1.165, 1.54) is 0 Å². The van der Waals surface area contributed by atoms with Crippen LogP contribution in [0.5, 0.6) is 0 Å². The van der Waals surface area contributed by atoms with Crippen LogP contribution in [0.15, 0.2) is 12.3 Å². The molecular weight excluding hydrogens is 256 g/mol. The van der Waals surface area contributed by atoms with Gasteiger partial charge in [0.25, 0.3) is 0 Å². The molecule has 0 amide bonds. The zero-order valence-electron chi connectivity index (χ0n) is 12.8. The predicted molar refractivity (Wildman–Crippen MR) is 79.4 cm³/mol. The van der Waals surface area contributed by atoms with E-state index in [1.807, 2.05) is 10.9 Å². The van der Waals surface area contributed by atoms with Crippen molar-refractivity contribution in [3.63, 3.8) is 0 Å². The van der Waals surface area contributed by atoms with Crippen LogP contribution in [0.1, 0.15) is 38.4 Å². The molecule has 116 valence electrons. The van der Waals surface area contributed by atoms with Crippen molar-refractivity contribution in [1.29, 1.82) is 0 Å². The Kier molecular flexibility index (Phi) is 8.45. The summed E-state index contributed by atoms with van der Waals surface area (Å²) in [6.45, 7) is 6.24. The summed E-state index contributed by atoms with van der Waals surface area (Å²) in [5, 5.41) is 4.59. The lowest BCUT2D eigenvalue weighted by Gasteiger charge is -2.15. The Bertz CT molecular complexity index is 357. The molecule has 1 heterocycles. The van der Waals surface area contributed by atoms with Crippen molar-refractivity contribution in [2.75, 3.05) is 26.9 Å². The fraction of sp³-hybridized carbons (Fsp3) is 0.786. The van der Waals surface area contributed by atoms with Gasteiger partial charge in [0.2, 0.25) is 0 Å². The molecule has 0 aliphatic heterocycles. The molecule has 0 fully saturated rings. The van der Waals surface area contributed by atoms with Gasteiger partial charge in [-0.15, -0.1) is 0 Å². The maximum Gasteiger partial charge on any atom is 0.0700 e. The molecule has 0 bridgehead atoms. The quantitative estimate of drug-likeness (QED) is 0.364. The number of nitrogens with two attached hydrogens (primary N) is 1. The Morgan fingerprint density at radius 2 is 2.20 bits per heavy atom. The van der Waals surface area contributed by atoms with Gasteiger partial charge in [-0.3, -0.25) is 16.0 Å². The standard InChI is InChI=1S/C14H28N4O2/c1-4-12(2)18-7-5-14(17-18)11-13(16-15)6-8-20-10-9-19-3/h5,7,12-13,16H,4,6,8-11,15H2,1-3H3. The molecule has 1 aromatic heterocycles. The second-order valence-corrected chi connectivity index (χ2v) is 5.01. The van der Waals surface area contributed by atoms with Crippen LogP contribution in [0.25, 0.3) is 0 Å². The molecule has 2 unspecified atom stereocenters. The van der Waals surface area contributed by atoms with Gasteiger partial charge >= 0.3 is 0 Å². The van der Waals surface area contributed by atoms with Crippen LogP contribution in [0.4, 0.5) is 0 Å². The smallest absolute Gasteiger partial charge is 0.0700 e. The second kappa shape index (κ2) is 9.88. The Morgan fingerprint density at radius 1 is 1.40 bits per heavy atom. The van der Waals surface area contributed by atoms with Crippen LogP contribution in [-0.4, -0.2) is 42.8 Å². The van der Waals surface area contributed by atoms with E-state index < -0.39 is 0 Å². The number of methoxy groups -OCH3 is 1. The summed E-state index contributed by atoms with van der Waals surface area (Å²) < 4.78 is 12.4. The Labute approximate surface area is 121 Å². The first-order chi connectivity index (χ1) is 9.71. The zero-order chi connectivity index (χ0) is 14.8. The monoisotopic (exact) mass is 284 g/mol. The Morgan fingerprint density at radius 3 is 2.85 bits per heavy atom. The lowest BCUT2D eigenvalue weighted by atomic mass is 10.1. The summed E-state index contributed by atoms with van der Waals surface area (Å²) in [6.07, 6.45) is 4.78. The van der Waals surface area contributed by atoms with Gasteiger partial charge in [0.1, 0.15) is 0 Å². The molecule has 1 aromatic rings. The maximum absolute atomic E-state index is 5.59. The lowest BCUT2D eigenvalue weighted by molar-refractivity contribution is 0.0657. The summed E-state index contributed by atoms with van der Waals surface area (Å²) in [6, 6.07) is 2.67. The predicted octanol–water partition coefficient (Wildman–Crippen LogP) is 1.28. The summed E-state index contributed by atoms with van der Waals surface area (Å²) in [5.74, 6) is 5.59. The number of hydrogen-bond donors (Lipinski definition) is 2. The van der Waals surface area contributed by atoms with Gasteiger partial charge in [-0.25, -0.2) is 0 Å². The number of aromatic nitrogens is 2. The van der Waals surface area contributed by atoms with Crippen LogP contribution in [0.3, 0.4) is 0 Å². The maximum atomic E-state index is 5.59. The first-order valence-electron chi connectivity index (χ1n) is 7.28. The summed E-state index contributed by atoms with van der Waals surface area (Å²) in [5.41, 5.74) is 3.89. The van der Waals surface area contributed by atoms with E-state index in [1.54, 1.807) is 7.11 Å². The molecule has 0 spiro atoms. The van der Waals surface area contributed by atoms with Gasteiger partial charge in [0.05, 0.1) is 18.9 Å². The molecule has 0 saturated heterocycles. The van der Waals surface area contributed by atoms with Gasteiger partial charge in [-0.1, -0.05) is 6.92 Å². The van der Waals surface area contributed by atoms with Gasteiger partial charge in [-0.2, -0.15) is 5.10 Å². The number of hydrogen-bond acceptors (Lipinski definition) is 5.